The number of fused-ring (bicyclic) bond motifs is 2. The van der Waals surface area contributed by atoms with Crippen LogP contribution in [-0.2, 0) is 6.42 Å². The molecule has 10 heteroatoms. The number of nitrogens with zero attached hydrogens (tertiary/aromatic N) is 4. The van der Waals surface area contributed by atoms with Gasteiger partial charge in [-0.2, -0.15) is 13.2 Å². The lowest BCUT2D eigenvalue weighted by Crippen LogP contribution is -2.32. The van der Waals surface area contributed by atoms with E-state index in [1.807, 2.05) is 6.07 Å². The summed E-state index contributed by atoms with van der Waals surface area (Å²) < 4.78 is 43.2. The van der Waals surface area contributed by atoms with Gasteiger partial charge in [0.05, 0.1) is 6.54 Å². The largest absolute Gasteiger partial charge is 0.475 e. The maximum Gasteiger partial charge on any atom is 0.407 e. The van der Waals surface area contributed by atoms with E-state index in [2.05, 4.69) is 15.0 Å². The number of alkyl halides is 3. The first-order chi connectivity index (χ1) is 13.8. The number of ether oxygens (including phenoxy) is 1. The van der Waals surface area contributed by atoms with E-state index >= 15 is 0 Å². The van der Waals surface area contributed by atoms with Crippen LogP contribution in [0.1, 0.15) is 34.3 Å². The molecule has 0 saturated heterocycles. The minimum absolute atomic E-state index is 0.00595. The first-order valence-electron chi connectivity index (χ1n) is 9.02. The van der Waals surface area contributed by atoms with Crippen LogP contribution in [-0.4, -0.2) is 47.5 Å². The quantitative estimate of drug-likeness (QED) is 0.687. The van der Waals surface area contributed by atoms with Crippen LogP contribution in [0.5, 0.6) is 5.88 Å². The Hall–Kier alpha value is -2.68. The zero-order valence-electron chi connectivity index (χ0n) is 15.2. The molecule has 1 aliphatic carbocycles. The first kappa shape index (κ1) is 19.6. The predicted octanol–water partition coefficient (Wildman–Crippen LogP) is 3.86. The molecule has 29 heavy (non-hydrogen) atoms. The summed E-state index contributed by atoms with van der Waals surface area (Å²) in [5.74, 6) is -0.248. The molecule has 0 N–H and O–H groups in total. The molecule has 152 valence electrons. The molecule has 1 aliphatic heterocycles. The monoisotopic (exact) mass is 424 g/mol. The fourth-order valence-electron chi connectivity index (χ4n) is 3.52. The van der Waals surface area contributed by atoms with Crippen molar-refractivity contribution in [2.24, 2.45) is 4.99 Å². The third-order valence-electron chi connectivity index (χ3n) is 4.80. The van der Waals surface area contributed by atoms with Gasteiger partial charge in [0.15, 0.2) is 0 Å². The maximum atomic E-state index is 13.0. The lowest BCUT2D eigenvalue weighted by molar-refractivity contribution is -0.118. The van der Waals surface area contributed by atoms with Gasteiger partial charge in [0.2, 0.25) is 5.88 Å². The summed E-state index contributed by atoms with van der Waals surface area (Å²) in [6.07, 6.45) is -1.21. The number of hydrogen-bond donors (Lipinski definition) is 0. The second-order valence-corrected chi connectivity index (χ2v) is 7.08. The summed E-state index contributed by atoms with van der Waals surface area (Å²) in [5, 5.41) is 0.00595. The number of aliphatic imine (C=N–C) groups is 1. The van der Waals surface area contributed by atoms with Gasteiger partial charge in [0.1, 0.15) is 30.2 Å². The molecule has 4 rings (SSSR count). The summed E-state index contributed by atoms with van der Waals surface area (Å²) >= 11 is 6.08. The van der Waals surface area contributed by atoms with Crippen molar-refractivity contribution in [3.8, 4) is 5.88 Å². The molecule has 1 aromatic heterocycles. The minimum Gasteiger partial charge on any atom is -0.475 e. The number of carbonyl (C=O) groups excluding carboxylic acids is 1. The molecule has 2 heterocycles. The van der Waals surface area contributed by atoms with Crippen molar-refractivity contribution in [2.45, 2.75) is 25.4 Å². The Bertz CT molecular complexity index is 994. The molecule has 0 radical (unpaired) electrons. The van der Waals surface area contributed by atoms with E-state index in [9.17, 15) is 18.0 Å². The van der Waals surface area contributed by atoms with Crippen LogP contribution in [0.15, 0.2) is 29.5 Å². The van der Waals surface area contributed by atoms with Gasteiger partial charge in [-0.3, -0.25) is 9.79 Å². The summed E-state index contributed by atoms with van der Waals surface area (Å²) in [5.41, 5.74) is 2.72. The van der Waals surface area contributed by atoms with Crippen molar-refractivity contribution >= 4 is 28.9 Å². The molecule has 0 bridgehead atoms. The molecule has 1 aromatic carbocycles. The van der Waals surface area contributed by atoms with Crippen LogP contribution in [0, 0.1) is 0 Å². The lowest BCUT2D eigenvalue weighted by atomic mass is 9.89. The van der Waals surface area contributed by atoms with E-state index in [0.29, 0.717) is 36.2 Å². The average molecular weight is 425 g/mol. The third kappa shape index (κ3) is 4.05. The van der Waals surface area contributed by atoms with Gasteiger partial charge in [-0.05, 0) is 42.5 Å². The molecule has 2 aliphatic rings. The van der Waals surface area contributed by atoms with Crippen LogP contribution in [0.2, 0.25) is 5.15 Å². The molecule has 0 unspecified atom stereocenters. The lowest BCUT2D eigenvalue weighted by Gasteiger charge is -2.24. The number of carbonyl (C=O) groups is 1. The second-order valence-electron chi connectivity index (χ2n) is 6.72. The molecule has 0 atom stereocenters. The van der Waals surface area contributed by atoms with Crippen molar-refractivity contribution in [2.75, 3.05) is 24.6 Å². The number of aryl methyl sites for hydroxylation is 1. The first-order valence-corrected chi connectivity index (χ1v) is 9.40. The van der Waals surface area contributed by atoms with Crippen molar-refractivity contribution < 1.29 is 22.7 Å². The van der Waals surface area contributed by atoms with E-state index in [4.69, 9.17) is 16.3 Å². The Labute approximate surface area is 169 Å². The zero-order valence-corrected chi connectivity index (χ0v) is 15.9. The van der Waals surface area contributed by atoms with Crippen LogP contribution >= 0.6 is 11.6 Å². The molecular weight excluding hydrogens is 409 g/mol. The smallest absolute Gasteiger partial charge is 0.407 e. The summed E-state index contributed by atoms with van der Waals surface area (Å²) in [4.78, 5) is 26.1. The van der Waals surface area contributed by atoms with Crippen molar-refractivity contribution in [1.82, 2.24) is 9.97 Å². The number of rotatable bonds is 2. The van der Waals surface area contributed by atoms with Gasteiger partial charge in [-0.15, -0.1) is 0 Å². The van der Waals surface area contributed by atoms with E-state index < -0.39 is 12.7 Å². The topological polar surface area (TPSA) is 67.7 Å². The van der Waals surface area contributed by atoms with Gasteiger partial charge in [0.25, 0.3) is 5.91 Å². The Balaban J connectivity index is 1.67. The van der Waals surface area contributed by atoms with E-state index in [-0.39, 0.29) is 35.7 Å². The molecule has 2 aromatic rings. The van der Waals surface area contributed by atoms with E-state index in [0.717, 1.165) is 5.56 Å². The van der Waals surface area contributed by atoms with Crippen LogP contribution in [0.4, 0.5) is 18.9 Å². The molecule has 6 nitrogen and oxygen atoms in total. The molecular formula is C19H16ClF3N4O2. The van der Waals surface area contributed by atoms with E-state index in [1.54, 1.807) is 12.1 Å². The fourth-order valence-corrected chi connectivity index (χ4v) is 3.73. The number of anilines is 1. The second kappa shape index (κ2) is 7.62. The number of amides is 1. The van der Waals surface area contributed by atoms with Crippen molar-refractivity contribution in [3.05, 3.63) is 46.4 Å². The van der Waals surface area contributed by atoms with Gasteiger partial charge < -0.3 is 9.64 Å². The van der Waals surface area contributed by atoms with E-state index in [1.165, 1.54) is 11.2 Å². The highest BCUT2D eigenvalue weighted by molar-refractivity contribution is 6.33. The molecule has 0 saturated carbocycles. The Morgan fingerprint density at radius 3 is 2.86 bits per heavy atom. The van der Waals surface area contributed by atoms with Crippen molar-refractivity contribution in [1.29, 1.82) is 0 Å². The van der Waals surface area contributed by atoms with Gasteiger partial charge >= 0.3 is 6.18 Å². The number of halogens is 4. The molecule has 0 fully saturated rings. The fraction of sp³-hybridized carbons (Fsp3) is 0.368. The Morgan fingerprint density at radius 2 is 2.07 bits per heavy atom. The number of hydrogen-bond acceptors (Lipinski definition) is 5. The molecule has 0 spiro atoms. The maximum absolute atomic E-state index is 13.0. The Kier molecular flexibility index (Phi) is 5.16. The standard InChI is InChI=1S/C19H16ClF3N4O2/c20-16-15-17(26-10-25-16)29-7-6-27(18(15)28)12-4-5-13-11(8-12)2-1-3-14(13)24-9-19(21,22)23/h4-5,8,10H,1-3,6-7,9H2/b24-14-. The SMILES string of the molecule is O=C1c2c(Cl)ncnc2OCCN1c1ccc2c(c1)CCC/C2=N/CC(F)(F)F. The number of aromatic nitrogens is 2. The van der Waals surface area contributed by atoms with Gasteiger partial charge in [-0.1, -0.05) is 17.7 Å². The molecule has 1 amide bonds. The average Bonchev–Trinajstić information content (AvgIpc) is 2.85. The summed E-state index contributed by atoms with van der Waals surface area (Å²) in [6, 6.07) is 5.24. The Morgan fingerprint density at radius 1 is 1.24 bits per heavy atom. The normalized spacial score (nSPS) is 18.1. The highest BCUT2D eigenvalue weighted by atomic mass is 35.5. The predicted molar refractivity (Wildman–Crippen MR) is 101 cm³/mol. The number of benzene rings is 1. The van der Waals surface area contributed by atoms with Gasteiger partial charge in [0, 0.05) is 11.4 Å². The van der Waals surface area contributed by atoms with Gasteiger partial charge in [-0.25, -0.2) is 9.97 Å². The van der Waals surface area contributed by atoms with Crippen LogP contribution in [0.3, 0.4) is 0 Å². The highest BCUT2D eigenvalue weighted by Crippen LogP contribution is 2.31. The van der Waals surface area contributed by atoms with Crippen LogP contribution < -0.4 is 9.64 Å². The van der Waals surface area contributed by atoms with Crippen molar-refractivity contribution in [3.63, 3.8) is 0 Å². The summed E-state index contributed by atoms with van der Waals surface area (Å²) in [6.45, 7) is -0.693. The minimum atomic E-state index is -4.34. The summed E-state index contributed by atoms with van der Waals surface area (Å²) in [7, 11) is 0. The highest BCUT2D eigenvalue weighted by Gasteiger charge is 2.30. The third-order valence-corrected chi connectivity index (χ3v) is 5.09. The zero-order chi connectivity index (χ0) is 20.6. The van der Waals surface area contributed by atoms with Crippen LogP contribution in [0.25, 0.3) is 0 Å².